The van der Waals surface area contributed by atoms with Gasteiger partial charge in [0, 0.05) is 44.1 Å². The summed E-state index contributed by atoms with van der Waals surface area (Å²) in [7, 11) is 0. The van der Waals surface area contributed by atoms with Crippen molar-refractivity contribution in [3.8, 4) is 5.75 Å². The molecular weight excluding hydrogens is 514 g/mol. The van der Waals surface area contributed by atoms with Gasteiger partial charge in [0.15, 0.2) is 5.82 Å². The Kier molecular flexibility index (Phi) is 8.28. The lowest BCUT2D eigenvalue weighted by Gasteiger charge is -2.38. The lowest BCUT2D eigenvalue weighted by molar-refractivity contribution is 0.219. The van der Waals surface area contributed by atoms with Crippen LogP contribution in [-0.4, -0.2) is 54.0 Å². The topological polar surface area (TPSA) is 79.5 Å². The standard InChI is InChI=1S/C27H33ClF2N6O2/c1-17(2)26-32-27(38-34-26)35-10-7-18(8-11-35)16-37-20-4-6-25(31-14-20)36-12-9-21(24(15-36)33-28)22-13-19(29)3-5-23(22)30/h3-6,13-14,17-18,21,24,33H,7-12,15-16H2,1-2H3/t21-,24+/m1/s1. The molecule has 2 aromatic heterocycles. The molecule has 2 saturated heterocycles. The number of piperidine rings is 2. The zero-order valence-corrected chi connectivity index (χ0v) is 22.4. The fraction of sp³-hybridized carbons (Fsp3) is 0.519. The maximum absolute atomic E-state index is 14.4. The van der Waals surface area contributed by atoms with E-state index in [1.54, 1.807) is 6.20 Å². The second-order valence-electron chi connectivity index (χ2n) is 10.4. The summed E-state index contributed by atoms with van der Waals surface area (Å²) in [6.07, 6.45) is 4.32. The van der Waals surface area contributed by atoms with E-state index in [2.05, 4.69) is 29.8 Å². The van der Waals surface area contributed by atoms with E-state index in [0.717, 1.165) is 49.4 Å². The third kappa shape index (κ3) is 6.02. The summed E-state index contributed by atoms with van der Waals surface area (Å²) in [6, 6.07) is 7.75. The van der Waals surface area contributed by atoms with E-state index in [9.17, 15) is 8.78 Å². The summed E-state index contributed by atoms with van der Waals surface area (Å²) in [5, 5.41) is 4.06. The first kappa shape index (κ1) is 26.6. The number of nitrogens with zero attached hydrogens (tertiary/aromatic N) is 5. The van der Waals surface area contributed by atoms with Gasteiger partial charge in [0.2, 0.25) is 0 Å². The Balaban J connectivity index is 1.11. The van der Waals surface area contributed by atoms with Gasteiger partial charge in [-0.3, -0.25) is 0 Å². The van der Waals surface area contributed by atoms with Crippen LogP contribution >= 0.6 is 11.8 Å². The summed E-state index contributed by atoms with van der Waals surface area (Å²) in [4.78, 5) is 16.1. The third-order valence-electron chi connectivity index (χ3n) is 7.47. The van der Waals surface area contributed by atoms with Crippen LogP contribution in [-0.2, 0) is 0 Å². The van der Waals surface area contributed by atoms with Gasteiger partial charge in [-0.1, -0.05) is 19.0 Å². The van der Waals surface area contributed by atoms with Crippen molar-refractivity contribution in [1.29, 1.82) is 0 Å². The van der Waals surface area contributed by atoms with Gasteiger partial charge in [0.1, 0.15) is 23.2 Å². The smallest absolute Gasteiger partial charge is 0.324 e. The van der Waals surface area contributed by atoms with Crippen LogP contribution in [0.5, 0.6) is 5.75 Å². The normalized spacial score (nSPS) is 20.8. The van der Waals surface area contributed by atoms with Crippen LogP contribution in [0.25, 0.3) is 0 Å². The van der Waals surface area contributed by atoms with Gasteiger partial charge in [0.05, 0.1) is 12.8 Å². The van der Waals surface area contributed by atoms with Crippen molar-refractivity contribution in [2.24, 2.45) is 5.92 Å². The molecule has 1 aromatic carbocycles. The summed E-state index contributed by atoms with van der Waals surface area (Å²) in [6.45, 7) is 7.61. The minimum atomic E-state index is -0.452. The molecule has 2 fully saturated rings. The van der Waals surface area contributed by atoms with E-state index in [4.69, 9.17) is 21.0 Å². The Morgan fingerprint density at radius 1 is 1.11 bits per heavy atom. The Morgan fingerprint density at radius 3 is 2.58 bits per heavy atom. The van der Waals surface area contributed by atoms with Crippen molar-refractivity contribution in [1.82, 2.24) is 20.0 Å². The van der Waals surface area contributed by atoms with Crippen molar-refractivity contribution in [3.63, 3.8) is 0 Å². The SMILES string of the molecule is CC(C)c1noc(N2CCC(COc3ccc(N4CC[C@H](c5cc(F)ccc5F)[C@@H](NCl)C4)nc3)CC2)n1. The Morgan fingerprint density at radius 2 is 1.89 bits per heavy atom. The van der Waals surface area contributed by atoms with Gasteiger partial charge in [-0.2, -0.15) is 4.98 Å². The van der Waals surface area contributed by atoms with Crippen LogP contribution in [0, 0.1) is 17.6 Å². The van der Waals surface area contributed by atoms with E-state index in [1.807, 2.05) is 26.0 Å². The predicted molar refractivity (Wildman–Crippen MR) is 142 cm³/mol. The number of hydrogen-bond acceptors (Lipinski definition) is 8. The highest BCUT2D eigenvalue weighted by Gasteiger charge is 2.32. The molecule has 0 amide bonds. The molecule has 2 aliphatic rings. The van der Waals surface area contributed by atoms with E-state index in [-0.39, 0.29) is 17.9 Å². The minimum absolute atomic E-state index is 0.231. The monoisotopic (exact) mass is 546 g/mol. The second-order valence-corrected chi connectivity index (χ2v) is 10.6. The van der Waals surface area contributed by atoms with Crippen LogP contribution in [0.1, 0.15) is 56.3 Å². The lowest BCUT2D eigenvalue weighted by atomic mass is 9.85. The van der Waals surface area contributed by atoms with Crippen LogP contribution in [0.15, 0.2) is 41.1 Å². The van der Waals surface area contributed by atoms with E-state index >= 15 is 0 Å². The summed E-state index contributed by atoms with van der Waals surface area (Å²) in [5.41, 5.74) is 0.350. The van der Waals surface area contributed by atoms with E-state index in [1.165, 1.54) is 12.1 Å². The largest absolute Gasteiger partial charge is 0.492 e. The summed E-state index contributed by atoms with van der Waals surface area (Å²) >= 11 is 6.02. The number of anilines is 2. The zero-order chi connectivity index (χ0) is 26.6. The van der Waals surface area contributed by atoms with Gasteiger partial charge in [-0.25, -0.2) is 18.6 Å². The Hall–Kier alpha value is -2.98. The molecule has 8 nitrogen and oxygen atoms in total. The molecule has 0 spiro atoms. The van der Waals surface area contributed by atoms with Crippen molar-refractivity contribution in [3.05, 3.63) is 59.6 Å². The molecule has 0 unspecified atom stereocenters. The average molecular weight is 547 g/mol. The maximum Gasteiger partial charge on any atom is 0.324 e. The van der Waals surface area contributed by atoms with E-state index in [0.29, 0.717) is 43.6 Å². The van der Waals surface area contributed by atoms with Gasteiger partial charge < -0.3 is 19.1 Å². The fourth-order valence-corrected chi connectivity index (χ4v) is 5.40. The first-order valence-corrected chi connectivity index (χ1v) is 13.5. The minimum Gasteiger partial charge on any atom is -0.492 e. The molecule has 0 radical (unpaired) electrons. The number of pyridine rings is 1. The summed E-state index contributed by atoms with van der Waals surface area (Å²) in [5.74, 6) is 1.84. The fourth-order valence-electron chi connectivity index (χ4n) is 5.18. The average Bonchev–Trinajstić information content (AvgIpc) is 3.44. The number of halogens is 3. The number of hydrogen-bond donors (Lipinski definition) is 1. The van der Waals surface area contributed by atoms with Gasteiger partial charge in [-0.05, 0) is 72.9 Å². The third-order valence-corrected chi connectivity index (χ3v) is 7.75. The number of benzene rings is 1. The molecule has 204 valence electrons. The highest BCUT2D eigenvalue weighted by molar-refractivity contribution is 6.13. The van der Waals surface area contributed by atoms with Crippen molar-refractivity contribution < 1.29 is 18.0 Å². The Bertz CT molecular complexity index is 1200. The second kappa shape index (κ2) is 11.8. The number of ether oxygens (including phenoxy) is 1. The van der Waals surface area contributed by atoms with Gasteiger partial charge >= 0.3 is 6.01 Å². The first-order valence-electron chi connectivity index (χ1n) is 13.1. The number of nitrogens with one attached hydrogen (secondary N) is 1. The molecule has 38 heavy (non-hydrogen) atoms. The quantitative estimate of drug-likeness (QED) is 0.383. The van der Waals surface area contributed by atoms with E-state index < -0.39 is 11.6 Å². The van der Waals surface area contributed by atoms with Crippen LogP contribution in [0.3, 0.4) is 0 Å². The maximum atomic E-state index is 14.4. The number of aromatic nitrogens is 3. The highest BCUT2D eigenvalue weighted by atomic mass is 35.5. The molecule has 2 aliphatic heterocycles. The molecule has 5 rings (SSSR count). The molecule has 0 bridgehead atoms. The first-order chi connectivity index (χ1) is 18.4. The molecule has 3 aromatic rings. The predicted octanol–water partition coefficient (Wildman–Crippen LogP) is 5.27. The molecule has 2 atom stereocenters. The summed E-state index contributed by atoms with van der Waals surface area (Å²) < 4.78 is 39.6. The highest BCUT2D eigenvalue weighted by Crippen LogP contribution is 2.33. The molecule has 1 N–H and O–H groups in total. The molecule has 0 saturated carbocycles. The van der Waals surface area contributed by atoms with Crippen molar-refractivity contribution in [2.45, 2.75) is 51.0 Å². The molecular formula is C27H33ClF2N6O2. The van der Waals surface area contributed by atoms with Crippen LogP contribution in [0.2, 0.25) is 0 Å². The van der Waals surface area contributed by atoms with Crippen LogP contribution in [0.4, 0.5) is 20.6 Å². The molecule has 4 heterocycles. The Labute approximate surface area is 226 Å². The van der Waals surface area contributed by atoms with Crippen LogP contribution < -0.4 is 19.4 Å². The molecule has 0 aliphatic carbocycles. The van der Waals surface area contributed by atoms with Crippen molar-refractivity contribution >= 4 is 23.6 Å². The van der Waals surface area contributed by atoms with Gasteiger partial charge in [0.25, 0.3) is 0 Å². The zero-order valence-electron chi connectivity index (χ0n) is 21.6. The van der Waals surface area contributed by atoms with Gasteiger partial charge in [-0.15, -0.1) is 0 Å². The number of rotatable bonds is 8. The molecule has 11 heteroatoms. The lowest BCUT2D eigenvalue weighted by Crippen LogP contribution is -2.48. The van der Waals surface area contributed by atoms with Crippen molar-refractivity contribution in [2.75, 3.05) is 42.6 Å².